The molecule has 1 heterocycles. The number of sulfonamides is 1. The first-order valence-corrected chi connectivity index (χ1v) is 7.77. The first-order valence-electron chi connectivity index (χ1n) is 5.47. The smallest absolute Gasteiger partial charge is 0.251 e. The molecule has 0 fully saturated rings. The van der Waals surface area contributed by atoms with E-state index >= 15 is 0 Å². The van der Waals surface area contributed by atoms with Crippen molar-refractivity contribution in [3.8, 4) is 0 Å². The predicted molar refractivity (Wildman–Crippen MR) is 67.6 cm³/mol. The first-order chi connectivity index (χ1) is 7.83. The van der Waals surface area contributed by atoms with E-state index in [1.165, 1.54) is 6.20 Å². The maximum absolute atomic E-state index is 11.9. The second-order valence-corrected chi connectivity index (χ2v) is 7.18. The number of aryl methyl sites for hydroxylation is 1. The minimum atomic E-state index is -3.55. The van der Waals surface area contributed by atoms with Gasteiger partial charge in [0.15, 0.2) is 4.21 Å². The van der Waals surface area contributed by atoms with E-state index in [1.807, 2.05) is 13.8 Å². The third-order valence-electron chi connectivity index (χ3n) is 2.77. The number of rotatable bonds is 6. The maximum Gasteiger partial charge on any atom is 0.251 e. The van der Waals surface area contributed by atoms with Crippen LogP contribution in [0.3, 0.4) is 0 Å². The largest absolute Gasteiger partial charge is 0.389 e. The summed E-state index contributed by atoms with van der Waals surface area (Å²) < 4.78 is 26.4. The average molecular weight is 278 g/mol. The van der Waals surface area contributed by atoms with Crippen LogP contribution in [0.15, 0.2) is 10.4 Å². The van der Waals surface area contributed by atoms with Gasteiger partial charge in [-0.05, 0) is 19.8 Å². The molecular formula is C10H18N2O3S2. The van der Waals surface area contributed by atoms with Crippen molar-refractivity contribution < 1.29 is 13.5 Å². The quantitative estimate of drug-likeness (QED) is 0.821. The molecule has 0 aliphatic carbocycles. The molecule has 0 aliphatic heterocycles. The van der Waals surface area contributed by atoms with Crippen molar-refractivity contribution in [2.45, 2.75) is 43.4 Å². The van der Waals surface area contributed by atoms with Crippen LogP contribution in [0.1, 0.15) is 31.7 Å². The Balaban J connectivity index is 2.75. The van der Waals surface area contributed by atoms with Crippen molar-refractivity contribution in [1.29, 1.82) is 0 Å². The second-order valence-electron chi connectivity index (χ2n) is 3.95. The summed E-state index contributed by atoms with van der Waals surface area (Å²) in [4.78, 5) is 3.90. The van der Waals surface area contributed by atoms with E-state index in [9.17, 15) is 13.5 Å². The van der Waals surface area contributed by atoms with Gasteiger partial charge in [-0.3, -0.25) is 0 Å². The van der Waals surface area contributed by atoms with Crippen molar-refractivity contribution in [3.05, 3.63) is 11.2 Å². The van der Waals surface area contributed by atoms with E-state index in [-0.39, 0.29) is 10.8 Å². The van der Waals surface area contributed by atoms with Crippen molar-refractivity contribution in [3.63, 3.8) is 0 Å². The van der Waals surface area contributed by atoms with Crippen molar-refractivity contribution in [1.82, 2.24) is 9.71 Å². The topological polar surface area (TPSA) is 79.3 Å². The Hall–Kier alpha value is -0.500. The molecule has 0 spiro atoms. The summed E-state index contributed by atoms with van der Waals surface area (Å²) >= 11 is 1.12. The van der Waals surface area contributed by atoms with Crippen LogP contribution in [0.5, 0.6) is 0 Å². The van der Waals surface area contributed by atoms with E-state index in [4.69, 9.17) is 0 Å². The molecule has 5 nitrogen and oxygen atoms in total. The highest BCUT2D eigenvalue weighted by atomic mass is 32.2. The number of hydrogen-bond acceptors (Lipinski definition) is 5. The van der Waals surface area contributed by atoms with Gasteiger partial charge in [-0.1, -0.05) is 13.8 Å². The van der Waals surface area contributed by atoms with Gasteiger partial charge in [0.1, 0.15) is 0 Å². The summed E-state index contributed by atoms with van der Waals surface area (Å²) in [5.41, 5.74) is -0.979. The second kappa shape index (κ2) is 5.43. The summed E-state index contributed by atoms with van der Waals surface area (Å²) in [6.07, 6.45) is 2.35. The Labute approximate surface area is 106 Å². The zero-order valence-corrected chi connectivity index (χ0v) is 11.9. The highest BCUT2D eigenvalue weighted by molar-refractivity contribution is 7.91. The van der Waals surface area contributed by atoms with Crippen molar-refractivity contribution in [2.75, 3.05) is 6.54 Å². The highest BCUT2D eigenvalue weighted by Crippen LogP contribution is 2.19. The van der Waals surface area contributed by atoms with Crippen LogP contribution in [0.4, 0.5) is 0 Å². The number of thiazole rings is 1. The lowest BCUT2D eigenvalue weighted by molar-refractivity contribution is 0.0377. The molecule has 0 radical (unpaired) electrons. The summed E-state index contributed by atoms with van der Waals surface area (Å²) in [6, 6.07) is 0. The Bertz CT molecular complexity index is 464. The molecule has 17 heavy (non-hydrogen) atoms. The Kier molecular flexibility index (Phi) is 4.65. The third kappa shape index (κ3) is 3.74. The minimum absolute atomic E-state index is 0.0271. The third-order valence-corrected chi connectivity index (χ3v) is 5.55. The van der Waals surface area contributed by atoms with E-state index in [0.717, 1.165) is 11.3 Å². The number of aromatic nitrogens is 1. The monoisotopic (exact) mass is 278 g/mol. The van der Waals surface area contributed by atoms with Crippen LogP contribution < -0.4 is 4.72 Å². The summed E-state index contributed by atoms with van der Waals surface area (Å²) in [5.74, 6) is 0. The summed E-state index contributed by atoms with van der Waals surface area (Å²) in [6.45, 7) is 5.43. The number of nitrogens with zero attached hydrogens (tertiary/aromatic N) is 1. The van der Waals surface area contributed by atoms with Gasteiger partial charge in [0.25, 0.3) is 10.0 Å². The van der Waals surface area contributed by atoms with E-state index in [1.54, 1.807) is 6.92 Å². The molecule has 0 aromatic carbocycles. The fraction of sp³-hybridized carbons (Fsp3) is 0.700. The van der Waals surface area contributed by atoms with Gasteiger partial charge in [-0.2, -0.15) is 0 Å². The first kappa shape index (κ1) is 14.6. The zero-order chi connectivity index (χ0) is 13.1. The van der Waals surface area contributed by atoms with Crippen LogP contribution >= 0.6 is 11.3 Å². The van der Waals surface area contributed by atoms with Crippen LogP contribution in [-0.2, 0) is 10.0 Å². The molecule has 1 aromatic heterocycles. The Morgan fingerprint density at radius 1 is 1.47 bits per heavy atom. The predicted octanol–water partition coefficient (Wildman–Crippen LogP) is 1.28. The van der Waals surface area contributed by atoms with Crippen molar-refractivity contribution in [2.24, 2.45) is 0 Å². The van der Waals surface area contributed by atoms with Crippen LogP contribution in [0, 0.1) is 6.92 Å². The molecule has 0 atom stereocenters. The van der Waals surface area contributed by atoms with Gasteiger partial charge in [0, 0.05) is 6.54 Å². The molecule has 0 bridgehead atoms. The molecule has 1 aromatic rings. The molecule has 2 N–H and O–H groups in total. The lowest BCUT2D eigenvalue weighted by Gasteiger charge is -2.24. The average Bonchev–Trinajstić information content (AvgIpc) is 2.74. The molecule has 0 amide bonds. The highest BCUT2D eigenvalue weighted by Gasteiger charge is 2.26. The summed E-state index contributed by atoms with van der Waals surface area (Å²) in [5, 5.41) is 10.7. The molecule has 98 valence electrons. The molecule has 7 heteroatoms. The molecule has 0 aliphatic rings. The molecule has 0 saturated carbocycles. The SMILES string of the molecule is CCC(O)(CC)CNS(=O)(=O)c1cnc(C)s1. The van der Waals surface area contributed by atoms with Gasteiger partial charge in [-0.15, -0.1) is 11.3 Å². The van der Waals surface area contributed by atoms with Crippen molar-refractivity contribution >= 4 is 21.4 Å². The van der Waals surface area contributed by atoms with Crippen LogP contribution in [0.2, 0.25) is 0 Å². The number of nitrogens with one attached hydrogen (secondary N) is 1. The maximum atomic E-state index is 11.9. The standard InChI is InChI=1S/C10H18N2O3S2/c1-4-10(13,5-2)7-12-17(14,15)9-6-11-8(3)16-9/h6,12-13H,4-5,7H2,1-3H3. The fourth-order valence-corrected chi connectivity index (χ4v) is 3.54. The van der Waals surface area contributed by atoms with Gasteiger partial charge in [0.2, 0.25) is 0 Å². The Morgan fingerprint density at radius 3 is 2.47 bits per heavy atom. The normalized spacial score (nSPS) is 12.9. The minimum Gasteiger partial charge on any atom is -0.389 e. The Morgan fingerprint density at radius 2 is 2.06 bits per heavy atom. The number of aliphatic hydroxyl groups is 1. The van der Waals surface area contributed by atoms with Gasteiger partial charge >= 0.3 is 0 Å². The number of hydrogen-bond donors (Lipinski definition) is 2. The van der Waals surface area contributed by atoms with Gasteiger partial charge < -0.3 is 5.11 Å². The van der Waals surface area contributed by atoms with E-state index < -0.39 is 15.6 Å². The van der Waals surface area contributed by atoms with Crippen LogP contribution in [0.25, 0.3) is 0 Å². The molecule has 1 rings (SSSR count). The fourth-order valence-electron chi connectivity index (χ4n) is 1.27. The zero-order valence-electron chi connectivity index (χ0n) is 10.2. The summed E-state index contributed by atoms with van der Waals surface area (Å²) in [7, 11) is -3.55. The van der Waals surface area contributed by atoms with Gasteiger partial charge in [0.05, 0.1) is 16.8 Å². The van der Waals surface area contributed by atoms with E-state index in [2.05, 4.69) is 9.71 Å². The molecule has 0 unspecified atom stereocenters. The van der Waals surface area contributed by atoms with E-state index in [0.29, 0.717) is 17.8 Å². The lowest BCUT2D eigenvalue weighted by Crippen LogP contribution is -2.41. The van der Waals surface area contributed by atoms with Crippen LogP contribution in [-0.4, -0.2) is 30.7 Å². The van der Waals surface area contributed by atoms with Gasteiger partial charge in [-0.25, -0.2) is 18.1 Å². The lowest BCUT2D eigenvalue weighted by atomic mass is 9.98. The molecular weight excluding hydrogens is 260 g/mol. The molecule has 0 saturated heterocycles.